The van der Waals surface area contributed by atoms with Crippen molar-refractivity contribution in [2.24, 2.45) is 0 Å². The molecule has 3 rings (SSSR count). The molecule has 1 aromatic heterocycles. The van der Waals surface area contributed by atoms with E-state index in [1.807, 2.05) is 18.2 Å². The van der Waals surface area contributed by atoms with Gasteiger partial charge in [-0.1, -0.05) is 30.3 Å². The number of nitrogens with one attached hydrogen (secondary N) is 1. The number of aromatic nitrogens is 2. The largest absolute Gasteiger partial charge is 0.366 e. The van der Waals surface area contributed by atoms with Gasteiger partial charge in [0.15, 0.2) is 0 Å². The van der Waals surface area contributed by atoms with Gasteiger partial charge in [0, 0.05) is 24.5 Å². The van der Waals surface area contributed by atoms with Crippen molar-refractivity contribution in [3.05, 3.63) is 66.2 Å². The molecular weight excluding hydrogens is 303 g/mol. The fourth-order valence-electron chi connectivity index (χ4n) is 2.85. The van der Waals surface area contributed by atoms with Crippen LogP contribution in [0.5, 0.6) is 0 Å². The van der Waals surface area contributed by atoms with Gasteiger partial charge in [0.2, 0.25) is 0 Å². The molecular formula is C19H21FN4. The van der Waals surface area contributed by atoms with Crippen LogP contribution in [-0.4, -0.2) is 34.5 Å². The Hall–Kier alpha value is -2.53. The quantitative estimate of drug-likeness (QED) is 0.750. The summed E-state index contributed by atoms with van der Waals surface area (Å²) in [6, 6.07) is 15.1. The summed E-state index contributed by atoms with van der Waals surface area (Å²) in [5, 5.41) is 4.07. The molecule has 1 unspecified atom stereocenters. The van der Waals surface area contributed by atoms with E-state index in [2.05, 4.69) is 46.3 Å². The molecule has 124 valence electrons. The molecule has 0 spiro atoms. The van der Waals surface area contributed by atoms with Crippen LogP contribution in [0.3, 0.4) is 0 Å². The maximum atomic E-state index is 13.5. The lowest BCUT2D eigenvalue weighted by atomic mass is 10.2. The van der Waals surface area contributed by atoms with Crippen LogP contribution in [0.1, 0.15) is 12.5 Å². The van der Waals surface area contributed by atoms with Gasteiger partial charge in [-0.05, 0) is 37.7 Å². The summed E-state index contributed by atoms with van der Waals surface area (Å²) in [5.74, 6) is 0.384. The van der Waals surface area contributed by atoms with Crippen molar-refractivity contribution in [1.29, 1.82) is 0 Å². The fraction of sp³-hybridized carbons (Fsp3) is 0.263. The topological polar surface area (TPSA) is 41.0 Å². The summed E-state index contributed by atoms with van der Waals surface area (Å²) >= 11 is 0. The van der Waals surface area contributed by atoms with E-state index in [1.54, 1.807) is 6.07 Å². The third-order valence-electron chi connectivity index (χ3n) is 3.86. The first-order valence-electron chi connectivity index (χ1n) is 8.01. The third-order valence-corrected chi connectivity index (χ3v) is 3.86. The van der Waals surface area contributed by atoms with Crippen LogP contribution in [0.4, 0.5) is 10.2 Å². The molecule has 0 radical (unpaired) electrons. The monoisotopic (exact) mass is 324 g/mol. The second-order valence-electron chi connectivity index (χ2n) is 6.11. The SMILES string of the molecule is CC(CN(C)Cc1ccccc1)Nc1ncnc2ccc(F)cc12. The molecule has 24 heavy (non-hydrogen) atoms. The second kappa shape index (κ2) is 7.36. The molecule has 3 aromatic rings. The Kier molecular flexibility index (Phi) is 5.01. The summed E-state index contributed by atoms with van der Waals surface area (Å²) < 4.78 is 13.5. The van der Waals surface area contributed by atoms with Crippen LogP contribution in [-0.2, 0) is 6.54 Å². The van der Waals surface area contributed by atoms with Gasteiger partial charge in [0.05, 0.1) is 5.52 Å². The highest BCUT2D eigenvalue weighted by atomic mass is 19.1. The zero-order chi connectivity index (χ0) is 16.9. The van der Waals surface area contributed by atoms with Gasteiger partial charge < -0.3 is 10.2 Å². The molecule has 1 heterocycles. The highest BCUT2D eigenvalue weighted by molar-refractivity contribution is 5.88. The number of anilines is 1. The minimum Gasteiger partial charge on any atom is -0.366 e. The van der Waals surface area contributed by atoms with Crippen molar-refractivity contribution < 1.29 is 4.39 Å². The molecule has 0 aliphatic heterocycles. The van der Waals surface area contributed by atoms with Crippen molar-refractivity contribution in [2.45, 2.75) is 19.5 Å². The highest BCUT2D eigenvalue weighted by Crippen LogP contribution is 2.20. The van der Waals surface area contributed by atoms with E-state index in [-0.39, 0.29) is 11.9 Å². The van der Waals surface area contributed by atoms with Gasteiger partial charge >= 0.3 is 0 Å². The van der Waals surface area contributed by atoms with Gasteiger partial charge in [-0.2, -0.15) is 0 Å². The summed E-state index contributed by atoms with van der Waals surface area (Å²) in [4.78, 5) is 10.7. The molecule has 1 N–H and O–H groups in total. The highest BCUT2D eigenvalue weighted by Gasteiger charge is 2.10. The molecule has 1 atom stereocenters. The normalized spacial score (nSPS) is 12.5. The van der Waals surface area contributed by atoms with E-state index in [1.165, 1.54) is 24.0 Å². The fourth-order valence-corrected chi connectivity index (χ4v) is 2.85. The van der Waals surface area contributed by atoms with E-state index < -0.39 is 0 Å². The molecule has 0 aliphatic carbocycles. The second-order valence-corrected chi connectivity index (χ2v) is 6.11. The van der Waals surface area contributed by atoms with Gasteiger partial charge in [-0.3, -0.25) is 0 Å². The third kappa shape index (κ3) is 4.06. The predicted molar refractivity (Wildman–Crippen MR) is 95.4 cm³/mol. The van der Waals surface area contributed by atoms with Crippen LogP contribution in [0.2, 0.25) is 0 Å². The predicted octanol–water partition coefficient (Wildman–Crippen LogP) is 3.70. The molecule has 5 heteroatoms. The number of rotatable bonds is 6. The Bertz CT molecular complexity index is 807. The van der Waals surface area contributed by atoms with Crippen LogP contribution in [0, 0.1) is 5.82 Å². The molecule has 0 saturated heterocycles. The lowest BCUT2D eigenvalue weighted by molar-refractivity contribution is 0.316. The van der Waals surface area contributed by atoms with Crippen molar-refractivity contribution in [2.75, 3.05) is 18.9 Å². The van der Waals surface area contributed by atoms with Crippen LogP contribution < -0.4 is 5.32 Å². The molecule has 2 aromatic carbocycles. The number of hydrogen-bond acceptors (Lipinski definition) is 4. The Morgan fingerprint density at radius 1 is 1.12 bits per heavy atom. The summed E-state index contributed by atoms with van der Waals surface area (Å²) in [6.45, 7) is 3.82. The Morgan fingerprint density at radius 3 is 2.71 bits per heavy atom. The standard InChI is InChI=1S/C19H21FN4/c1-14(11-24(2)12-15-6-4-3-5-7-15)23-19-17-10-16(20)8-9-18(17)21-13-22-19/h3-10,13-14H,11-12H2,1-2H3,(H,21,22,23). The van der Waals surface area contributed by atoms with E-state index in [0.717, 1.165) is 18.6 Å². The number of hydrogen-bond donors (Lipinski definition) is 1. The van der Waals surface area contributed by atoms with Crippen molar-refractivity contribution in [3.63, 3.8) is 0 Å². The molecule has 0 bridgehead atoms. The summed E-state index contributed by atoms with van der Waals surface area (Å²) in [5.41, 5.74) is 2.01. The van der Waals surface area contributed by atoms with Crippen LogP contribution in [0.15, 0.2) is 54.9 Å². The summed E-state index contributed by atoms with van der Waals surface area (Å²) in [7, 11) is 2.09. The van der Waals surface area contributed by atoms with Gasteiger partial charge in [0.1, 0.15) is 18.0 Å². The van der Waals surface area contributed by atoms with Crippen molar-refractivity contribution in [1.82, 2.24) is 14.9 Å². The number of halogens is 1. The first kappa shape index (κ1) is 16.3. The first-order chi connectivity index (χ1) is 11.6. The molecule has 0 fully saturated rings. The van der Waals surface area contributed by atoms with E-state index >= 15 is 0 Å². The van der Waals surface area contributed by atoms with Gasteiger partial charge in [-0.15, -0.1) is 0 Å². The maximum Gasteiger partial charge on any atom is 0.137 e. The first-order valence-corrected chi connectivity index (χ1v) is 8.01. The lowest BCUT2D eigenvalue weighted by Crippen LogP contribution is -2.32. The smallest absolute Gasteiger partial charge is 0.137 e. The average molecular weight is 324 g/mol. The van der Waals surface area contributed by atoms with Gasteiger partial charge in [-0.25, -0.2) is 14.4 Å². The van der Waals surface area contributed by atoms with E-state index in [4.69, 9.17) is 0 Å². The zero-order valence-corrected chi connectivity index (χ0v) is 13.9. The van der Waals surface area contributed by atoms with Crippen molar-refractivity contribution in [3.8, 4) is 0 Å². The minimum atomic E-state index is -0.283. The van der Waals surface area contributed by atoms with Gasteiger partial charge in [0.25, 0.3) is 0 Å². The summed E-state index contributed by atoms with van der Waals surface area (Å²) in [6.07, 6.45) is 1.50. The zero-order valence-electron chi connectivity index (χ0n) is 13.9. The molecule has 4 nitrogen and oxygen atoms in total. The van der Waals surface area contributed by atoms with E-state index in [9.17, 15) is 4.39 Å². The average Bonchev–Trinajstić information content (AvgIpc) is 2.56. The Labute approximate surface area is 141 Å². The lowest BCUT2D eigenvalue weighted by Gasteiger charge is -2.23. The number of benzene rings is 2. The molecule has 0 saturated carbocycles. The molecule has 0 amide bonds. The van der Waals surface area contributed by atoms with E-state index in [0.29, 0.717) is 11.2 Å². The Morgan fingerprint density at radius 2 is 1.92 bits per heavy atom. The van der Waals surface area contributed by atoms with Crippen LogP contribution >= 0.6 is 0 Å². The number of nitrogens with zero attached hydrogens (tertiary/aromatic N) is 3. The van der Waals surface area contributed by atoms with Crippen LogP contribution in [0.25, 0.3) is 10.9 Å². The Balaban J connectivity index is 1.66. The number of fused-ring (bicyclic) bond motifs is 1. The van der Waals surface area contributed by atoms with Crippen molar-refractivity contribution >= 4 is 16.7 Å². The minimum absolute atomic E-state index is 0.167. The maximum absolute atomic E-state index is 13.5. The molecule has 0 aliphatic rings. The number of likely N-dealkylation sites (N-methyl/N-ethyl adjacent to an activating group) is 1.